The van der Waals surface area contributed by atoms with Gasteiger partial charge in [0.25, 0.3) is 0 Å². The van der Waals surface area contributed by atoms with Gasteiger partial charge < -0.3 is 9.84 Å². The third-order valence-corrected chi connectivity index (χ3v) is 11.4. The lowest BCUT2D eigenvalue weighted by Crippen LogP contribution is -2.18. The number of carboxylic acids is 1. The van der Waals surface area contributed by atoms with E-state index in [1.165, 1.54) is 186 Å². The highest BCUT2D eigenvalue weighted by atomic mass is 16.5. The fourth-order valence-electron chi connectivity index (χ4n) is 7.75. The lowest BCUT2D eigenvalue weighted by atomic mass is 10.0. The maximum Gasteiger partial charge on any atom is 0.306 e. The van der Waals surface area contributed by atoms with Crippen molar-refractivity contribution in [3.63, 3.8) is 0 Å². The first kappa shape index (κ1) is 53.4. The molecule has 0 saturated carbocycles. The molecule has 1 N–H and O–H groups in total. The van der Waals surface area contributed by atoms with E-state index < -0.39 is 5.97 Å². The Labute approximate surface area is 344 Å². The van der Waals surface area contributed by atoms with Crippen molar-refractivity contribution < 1.29 is 19.4 Å². The molecule has 0 radical (unpaired) electrons. The Balaban J connectivity index is 3.94. The second kappa shape index (κ2) is 46.8. The van der Waals surface area contributed by atoms with Crippen molar-refractivity contribution in [2.75, 3.05) is 0 Å². The molecule has 0 aliphatic heterocycles. The van der Waals surface area contributed by atoms with E-state index in [1.807, 2.05) is 0 Å². The van der Waals surface area contributed by atoms with Crippen LogP contribution in [0.5, 0.6) is 0 Å². The van der Waals surface area contributed by atoms with Gasteiger partial charge in [0.1, 0.15) is 6.10 Å². The molecule has 0 heterocycles. The molecule has 55 heavy (non-hydrogen) atoms. The van der Waals surface area contributed by atoms with Gasteiger partial charge in [0.15, 0.2) is 0 Å². The predicted molar refractivity (Wildman–Crippen MR) is 241 cm³/mol. The third kappa shape index (κ3) is 46.7. The van der Waals surface area contributed by atoms with Crippen molar-refractivity contribution in [2.24, 2.45) is 0 Å². The van der Waals surface area contributed by atoms with E-state index in [2.05, 4.69) is 38.2 Å². The minimum Gasteiger partial charge on any atom is -0.481 e. The highest BCUT2D eigenvalue weighted by molar-refractivity contribution is 5.69. The average molecular weight is 773 g/mol. The van der Waals surface area contributed by atoms with Crippen LogP contribution in [0, 0.1) is 0 Å². The molecule has 1 atom stereocenters. The van der Waals surface area contributed by atoms with Gasteiger partial charge >= 0.3 is 11.9 Å². The summed E-state index contributed by atoms with van der Waals surface area (Å²) in [6.07, 6.45) is 60.8. The summed E-state index contributed by atoms with van der Waals surface area (Å²) in [5, 5.41) is 8.87. The average Bonchev–Trinajstić information content (AvgIpc) is 3.17. The molecular formula is C51H96O4. The molecule has 0 fully saturated rings. The topological polar surface area (TPSA) is 63.6 Å². The fourth-order valence-corrected chi connectivity index (χ4v) is 7.75. The summed E-state index contributed by atoms with van der Waals surface area (Å²) in [4.78, 5) is 23.6. The molecule has 0 saturated heterocycles. The van der Waals surface area contributed by atoms with Crippen LogP contribution < -0.4 is 0 Å². The lowest BCUT2D eigenvalue weighted by molar-refractivity contribution is -0.150. The van der Waals surface area contributed by atoms with E-state index in [0.29, 0.717) is 6.42 Å². The first-order valence-electron chi connectivity index (χ1n) is 24.8. The lowest BCUT2D eigenvalue weighted by Gasteiger charge is -2.18. The van der Waals surface area contributed by atoms with Crippen molar-refractivity contribution in [1.82, 2.24) is 0 Å². The molecule has 0 aromatic heterocycles. The number of esters is 1. The molecule has 0 rings (SSSR count). The van der Waals surface area contributed by atoms with E-state index in [1.54, 1.807) is 0 Å². The van der Waals surface area contributed by atoms with Gasteiger partial charge in [-0.2, -0.15) is 0 Å². The van der Waals surface area contributed by atoms with Crippen molar-refractivity contribution in [2.45, 2.75) is 290 Å². The summed E-state index contributed by atoms with van der Waals surface area (Å²) in [5.41, 5.74) is 0. The maximum absolute atomic E-state index is 12.8. The standard InChI is InChI=1S/C51H96O4/c1-3-5-7-9-11-13-15-17-19-21-22-23-24-25-27-29-31-33-35-40-44-48-51(54)55-49(46-42-38-36-39-43-47-50(52)53)45-41-37-34-32-30-28-26-20-18-16-14-12-10-8-6-4-2/h15,17,21-22,49H,3-14,16,18-20,23-48H2,1-2H3,(H,52,53)/b17-15-,22-21-. The summed E-state index contributed by atoms with van der Waals surface area (Å²) in [6.45, 7) is 4.56. The normalized spacial score (nSPS) is 12.3. The smallest absolute Gasteiger partial charge is 0.306 e. The summed E-state index contributed by atoms with van der Waals surface area (Å²) in [6, 6.07) is 0. The highest BCUT2D eigenvalue weighted by Crippen LogP contribution is 2.20. The SMILES string of the molecule is CCCCCCC/C=C\C/C=C\CCCCCCCCCCCC(=O)OC(CCCCCCCCCCCCCCCCCC)CCCCCCCC(=O)O. The number of unbranched alkanes of at least 4 members (excludes halogenated alkanes) is 33. The van der Waals surface area contributed by atoms with Gasteiger partial charge in [-0.3, -0.25) is 9.59 Å². The number of hydrogen-bond acceptors (Lipinski definition) is 3. The molecule has 0 aromatic carbocycles. The van der Waals surface area contributed by atoms with Crippen molar-refractivity contribution >= 4 is 11.9 Å². The molecule has 0 amide bonds. The summed E-state index contributed by atoms with van der Waals surface area (Å²) in [7, 11) is 0. The van der Waals surface area contributed by atoms with Gasteiger partial charge in [-0.05, 0) is 70.6 Å². The second-order valence-electron chi connectivity index (χ2n) is 17.0. The van der Waals surface area contributed by atoms with Gasteiger partial charge in [-0.1, -0.05) is 224 Å². The van der Waals surface area contributed by atoms with Crippen LogP contribution in [0.25, 0.3) is 0 Å². The Kier molecular flexibility index (Phi) is 45.5. The molecule has 1 unspecified atom stereocenters. The van der Waals surface area contributed by atoms with Gasteiger partial charge in [0.2, 0.25) is 0 Å². The number of aliphatic carboxylic acids is 1. The zero-order valence-corrected chi connectivity index (χ0v) is 37.3. The molecule has 0 bridgehead atoms. The van der Waals surface area contributed by atoms with Crippen molar-refractivity contribution in [1.29, 1.82) is 0 Å². The van der Waals surface area contributed by atoms with Crippen LogP contribution in [0.2, 0.25) is 0 Å². The largest absolute Gasteiger partial charge is 0.481 e. The van der Waals surface area contributed by atoms with Crippen LogP contribution in [0.15, 0.2) is 24.3 Å². The number of carboxylic acid groups (broad SMARTS) is 1. The van der Waals surface area contributed by atoms with Crippen molar-refractivity contribution in [3.05, 3.63) is 24.3 Å². The highest BCUT2D eigenvalue weighted by Gasteiger charge is 2.14. The van der Waals surface area contributed by atoms with Crippen LogP contribution >= 0.6 is 0 Å². The quantitative estimate of drug-likeness (QED) is 0.0380. The zero-order chi connectivity index (χ0) is 40.0. The van der Waals surface area contributed by atoms with Gasteiger partial charge in [0, 0.05) is 12.8 Å². The van der Waals surface area contributed by atoms with Crippen molar-refractivity contribution in [3.8, 4) is 0 Å². The van der Waals surface area contributed by atoms with Gasteiger partial charge in [-0.25, -0.2) is 0 Å². The van der Waals surface area contributed by atoms with Crippen LogP contribution in [0.4, 0.5) is 0 Å². The zero-order valence-electron chi connectivity index (χ0n) is 37.3. The van der Waals surface area contributed by atoms with Crippen LogP contribution in [0.3, 0.4) is 0 Å². The number of allylic oxidation sites excluding steroid dienone is 4. The van der Waals surface area contributed by atoms with E-state index in [-0.39, 0.29) is 18.5 Å². The summed E-state index contributed by atoms with van der Waals surface area (Å²) in [5.74, 6) is -0.691. The number of carbonyl (C=O) groups excluding carboxylic acids is 1. The molecule has 4 nitrogen and oxygen atoms in total. The van der Waals surface area contributed by atoms with Crippen LogP contribution in [-0.4, -0.2) is 23.1 Å². The Morgan fingerprint density at radius 2 is 0.709 bits per heavy atom. The van der Waals surface area contributed by atoms with E-state index in [0.717, 1.165) is 70.6 Å². The molecule has 0 aliphatic carbocycles. The number of rotatable bonds is 46. The third-order valence-electron chi connectivity index (χ3n) is 11.4. The van der Waals surface area contributed by atoms with E-state index >= 15 is 0 Å². The monoisotopic (exact) mass is 773 g/mol. The minimum absolute atomic E-state index is 0.00540. The molecule has 0 aliphatic rings. The minimum atomic E-state index is -0.697. The van der Waals surface area contributed by atoms with E-state index in [9.17, 15) is 9.59 Å². The van der Waals surface area contributed by atoms with Gasteiger partial charge in [0.05, 0.1) is 0 Å². The second-order valence-corrected chi connectivity index (χ2v) is 17.0. The van der Waals surface area contributed by atoms with Gasteiger partial charge in [-0.15, -0.1) is 0 Å². The molecule has 4 heteroatoms. The van der Waals surface area contributed by atoms with E-state index in [4.69, 9.17) is 9.84 Å². The Morgan fingerprint density at radius 1 is 0.400 bits per heavy atom. The predicted octanol–water partition coefficient (Wildman–Crippen LogP) is 17.5. The first-order valence-corrected chi connectivity index (χ1v) is 24.8. The summed E-state index contributed by atoms with van der Waals surface area (Å²) < 4.78 is 6.05. The van der Waals surface area contributed by atoms with Crippen LogP contribution in [0.1, 0.15) is 284 Å². The molecule has 324 valence electrons. The summed E-state index contributed by atoms with van der Waals surface area (Å²) >= 11 is 0. The Bertz CT molecular complexity index is 833. The fraction of sp³-hybridized carbons (Fsp3) is 0.882. The Morgan fingerprint density at radius 3 is 1.07 bits per heavy atom. The first-order chi connectivity index (χ1) is 27.1. The maximum atomic E-state index is 12.8. The molecular weight excluding hydrogens is 677 g/mol. The Hall–Kier alpha value is -1.58. The van der Waals surface area contributed by atoms with Crippen LogP contribution in [-0.2, 0) is 14.3 Å². The molecule has 0 spiro atoms. The molecule has 0 aromatic rings. The number of hydrogen-bond donors (Lipinski definition) is 1. The number of carbonyl (C=O) groups is 2. The number of ether oxygens (including phenoxy) is 1.